The van der Waals surface area contributed by atoms with Crippen molar-refractivity contribution >= 4 is 22.9 Å². The van der Waals surface area contributed by atoms with Crippen LogP contribution in [-0.2, 0) is 6.54 Å². The standard InChI is InChI=1S/C28H31ClN6O3/c1-28(2,36)17-38-22-9-23(27-24(29)12-32-35(27)16-22)19-5-6-25(30-11-19)33-14-20-8-21(15-33)34(20)13-18-4-7-26(37-3)31-10-18/h4-7,9-12,16,20-21,36H,8,13-15,17H2,1-3H3. The van der Waals surface area contributed by atoms with Crippen molar-refractivity contribution in [3.8, 4) is 22.8 Å². The van der Waals surface area contributed by atoms with Crippen molar-refractivity contribution in [2.75, 3.05) is 31.7 Å². The first kappa shape index (κ1) is 24.9. The average molecular weight is 535 g/mol. The van der Waals surface area contributed by atoms with Gasteiger partial charge in [-0.05, 0) is 44.0 Å². The number of aromatic nitrogens is 4. The summed E-state index contributed by atoms with van der Waals surface area (Å²) in [4.78, 5) is 14.1. The van der Waals surface area contributed by atoms with Gasteiger partial charge in [0.1, 0.15) is 18.2 Å². The zero-order chi connectivity index (χ0) is 26.4. The number of piperazine rings is 1. The van der Waals surface area contributed by atoms with E-state index in [4.69, 9.17) is 26.1 Å². The minimum atomic E-state index is -0.948. The summed E-state index contributed by atoms with van der Waals surface area (Å²) in [5.74, 6) is 2.21. The zero-order valence-corrected chi connectivity index (χ0v) is 22.5. The van der Waals surface area contributed by atoms with Crippen LogP contribution in [0.1, 0.15) is 25.8 Å². The number of pyridine rings is 3. The van der Waals surface area contributed by atoms with Crippen LogP contribution in [0.4, 0.5) is 5.82 Å². The number of aliphatic hydroxyl groups is 1. The Kier molecular flexibility index (Phi) is 6.37. The van der Waals surface area contributed by atoms with Crippen LogP contribution >= 0.6 is 11.6 Å². The highest BCUT2D eigenvalue weighted by molar-refractivity contribution is 6.34. The van der Waals surface area contributed by atoms with Gasteiger partial charge in [0.15, 0.2) is 0 Å². The lowest BCUT2D eigenvalue weighted by atomic mass is 9.87. The van der Waals surface area contributed by atoms with Crippen LogP contribution in [0, 0.1) is 0 Å². The molecule has 4 aromatic heterocycles. The van der Waals surface area contributed by atoms with Crippen molar-refractivity contribution in [2.45, 2.75) is 44.5 Å². The maximum Gasteiger partial charge on any atom is 0.212 e. The van der Waals surface area contributed by atoms with Crippen LogP contribution in [0.5, 0.6) is 11.6 Å². The summed E-state index contributed by atoms with van der Waals surface area (Å²) in [5, 5.41) is 15.0. The van der Waals surface area contributed by atoms with E-state index in [9.17, 15) is 5.11 Å². The Morgan fingerprint density at radius 3 is 2.55 bits per heavy atom. The SMILES string of the molecule is COc1ccc(CN2C3CC2CN(c2ccc(-c4cc(OCC(C)(C)O)cn5ncc(Cl)c45)cn2)C3)cn1. The fourth-order valence-corrected chi connectivity index (χ4v) is 5.55. The summed E-state index contributed by atoms with van der Waals surface area (Å²) < 4.78 is 12.7. The number of hydrogen-bond acceptors (Lipinski definition) is 8. The molecule has 10 heteroatoms. The Morgan fingerprint density at radius 2 is 1.89 bits per heavy atom. The summed E-state index contributed by atoms with van der Waals surface area (Å²) in [6.07, 6.45) is 8.39. The van der Waals surface area contributed by atoms with E-state index in [1.807, 2.05) is 24.5 Å². The molecule has 1 N–H and O–H groups in total. The first-order chi connectivity index (χ1) is 18.3. The molecule has 0 aromatic carbocycles. The normalized spacial score (nSPS) is 19.4. The van der Waals surface area contributed by atoms with Crippen molar-refractivity contribution in [1.29, 1.82) is 0 Å². The fraction of sp³-hybridized carbons (Fsp3) is 0.393. The van der Waals surface area contributed by atoms with E-state index in [1.165, 1.54) is 12.0 Å². The van der Waals surface area contributed by atoms with Gasteiger partial charge in [-0.2, -0.15) is 5.10 Å². The van der Waals surface area contributed by atoms with E-state index in [0.717, 1.165) is 42.1 Å². The Balaban J connectivity index is 1.17. The number of halogens is 1. The molecule has 3 aliphatic heterocycles. The van der Waals surface area contributed by atoms with E-state index in [2.05, 4.69) is 38.1 Å². The molecule has 7 rings (SSSR count). The van der Waals surface area contributed by atoms with Crippen molar-refractivity contribution in [3.63, 3.8) is 0 Å². The van der Waals surface area contributed by atoms with Gasteiger partial charge in [0.25, 0.3) is 0 Å². The number of rotatable bonds is 8. The second kappa shape index (κ2) is 9.72. The topological polar surface area (TPSA) is 88.2 Å². The average Bonchev–Trinajstić information content (AvgIpc) is 3.30. The van der Waals surface area contributed by atoms with Crippen LogP contribution in [0.15, 0.2) is 55.1 Å². The van der Waals surface area contributed by atoms with Gasteiger partial charge in [0, 0.05) is 61.3 Å². The maximum absolute atomic E-state index is 10.1. The zero-order valence-electron chi connectivity index (χ0n) is 21.7. The van der Waals surface area contributed by atoms with Crippen LogP contribution in [0.2, 0.25) is 5.02 Å². The third kappa shape index (κ3) is 4.89. The monoisotopic (exact) mass is 534 g/mol. The molecule has 2 unspecified atom stereocenters. The molecular formula is C28H31ClN6O3. The quantitative estimate of drug-likeness (QED) is 0.362. The second-order valence-corrected chi connectivity index (χ2v) is 11.1. The first-order valence-electron chi connectivity index (χ1n) is 12.8. The van der Waals surface area contributed by atoms with Crippen molar-refractivity contribution in [2.24, 2.45) is 0 Å². The molecule has 0 aliphatic carbocycles. The van der Waals surface area contributed by atoms with Gasteiger partial charge in [-0.15, -0.1) is 0 Å². The molecule has 9 nitrogen and oxygen atoms in total. The predicted molar refractivity (Wildman–Crippen MR) is 146 cm³/mol. The van der Waals surface area contributed by atoms with E-state index in [0.29, 0.717) is 28.7 Å². The number of anilines is 1. The maximum atomic E-state index is 10.1. The minimum absolute atomic E-state index is 0.160. The highest BCUT2D eigenvalue weighted by atomic mass is 35.5. The molecule has 7 heterocycles. The molecule has 0 amide bonds. The van der Waals surface area contributed by atoms with Gasteiger partial charge in [-0.1, -0.05) is 17.7 Å². The molecule has 4 aromatic rings. The second-order valence-electron chi connectivity index (χ2n) is 10.7. The Hall–Kier alpha value is -3.40. The number of nitrogens with zero attached hydrogens (tertiary/aromatic N) is 6. The molecule has 2 atom stereocenters. The summed E-state index contributed by atoms with van der Waals surface area (Å²) >= 11 is 6.48. The smallest absolute Gasteiger partial charge is 0.212 e. The molecule has 198 valence electrons. The lowest BCUT2D eigenvalue weighted by Gasteiger charge is -2.56. The minimum Gasteiger partial charge on any atom is -0.489 e. The molecule has 3 saturated heterocycles. The molecule has 3 fully saturated rings. The fourth-order valence-electron chi connectivity index (χ4n) is 5.32. The summed E-state index contributed by atoms with van der Waals surface area (Å²) in [6, 6.07) is 11.1. The van der Waals surface area contributed by atoms with Crippen molar-refractivity contribution < 1.29 is 14.6 Å². The van der Waals surface area contributed by atoms with Gasteiger partial charge >= 0.3 is 0 Å². The highest BCUT2D eigenvalue weighted by Gasteiger charge is 2.44. The first-order valence-corrected chi connectivity index (χ1v) is 13.1. The Bertz CT molecular complexity index is 1420. The van der Waals surface area contributed by atoms with Gasteiger partial charge in [-0.3, -0.25) is 4.90 Å². The third-order valence-corrected chi connectivity index (χ3v) is 7.51. The third-order valence-electron chi connectivity index (χ3n) is 7.23. The molecule has 0 radical (unpaired) electrons. The summed E-state index contributed by atoms with van der Waals surface area (Å²) in [7, 11) is 1.63. The predicted octanol–water partition coefficient (Wildman–Crippen LogP) is 4.07. The lowest BCUT2D eigenvalue weighted by Crippen LogP contribution is -2.68. The van der Waals surface area contributed by atoms with Crippen LogP contribution in [0.3, 0.4) is 0 Å². The van der Waals surface area contributed by atoms with Crippen molar-refractivity contribution in [1.82, 2.24) is 24.5 Å². The van der Waals surface area contributed by atoms with Crippen LogP contribution in [0.25, 0.3) is 16.6 Å². The number of hydrogen-bond donors (Lipinski definition) is 1. The Labute approximate surface area is 226 Å². The molecule has 0 saturated carbocycles. The Morgan fingerprint density at radius 1 is 1.08 bits per heavy atom. The van der Waals surface area contributed by atoms with Gasteiger partial charge in [0.2, 0.25) is 5.88 Å². The molecule has 38 heavy (non-hydrogen) atoms. The number of piperidine rings is 1. The molecule has 0 spiro atoms. The van der Waals surface area contributed by atoms with E-state index < -0.39 is 5.60 Å². The van der Waals surface area contributed by atoms with Gasteiger partial charge in [-0.25, -0.2) is 14.5 Å². The highest BCUT2D eigenvalue weighted by Crippen LogP contribution is 2.37. The van der Waals surface area contributed by atoms with Gasteiger partial charge < -0.3 is 19.5 Å². The van der Waals surface area contributed by atoms with Gasteiger partial charge in [0.05, 0.1) is 35.6 Å². The molecule has 3 aliphatic rings. The lowest BCUT2D eigenvalue weighted by molar-refractivity contribution is -0.00876. The van der Waals surface area contributed by atoms with Crippen LogP contribution < -0.4 is 14.4 Å². The van der Waals surface area contributed by atoms with Crippen molar-refractivity contribution in [3.05, 3.63) is 65.7 Å². The number of ether oxygens (including phenoxy) is 2. The number of methoxy groups -OCH3 is 1. The summed E-state index contributed by atoms with van der Waals surface area (Å²) in [6.45, 7) is 6.38. The number of fused-ring (bicyclic) bond motifs is 3. The van der Waals surface area contributed by atoms with E-state index in [-0.39, 0.29) is 6.61 Å². The van der Waals surface area contributed by atoms with E-state index >= 15 is 0 Å². The molecule has 2 bridgehead atoms. The van der Waals surface area contributed by atoms with Crippen LogP contribution in [-0.4, -0.2) is 74.1 Å². The van der Waals surface area contributed by atoms with E-state index in [1.54, 1.807) is 37.9 Å². The summed E-state index contributed by atoms with van der Waals surface area (Å²) in [5.41, 5.74) is 2.84. The molecular weight excluding hydrogens is 504 g/mol. The largest absolute Gasteiger partial charge is 0.489 e.